The molecule has 0 bridgehead atoms. The lowest BCUT2D eigenvalue weighted by atomic mass is 10.1. The molecule has 94 valence electrons. The van der Waals surface area contributed by atoms with Gasteiger partial charge >= 0.3 is 5.97 Å². The van der Waals surface area contributed by atoms with Gasteiger partial charge in [-0.2, -0.15) is 0 Å². The Labute approximate surface area is 99.5 Å². The Morgan fingerprint density at radius 2 is 1.94 bits per heavy atom. The summed E-state index contributed by atoms with van der Waals surface area (Å²) in [6, 6.07) is 3.57. The van der Waals surface area contributed by atoms with Gasteiger partial charge < -0.3 is 10.4 Å². The molecule has 0 spiro atoms. The fraction of sp³-hybridized carbons (Fsp3) is 0.333. The van der Waals surface area contributed by atoms with Crippen LogP contribution in [0.2, 0.25) is 0 Å². The predicted molar refractivity (Wildman–Crippen MR) is 62.2 cm³/mol. The van der Waals surface area contributed by atoms with Crippen molar-refractivity contribution in [3.05, 3.63) is 35.1 Å². The quantitative estimate of drug-likeness (QED) is 0.852. The van der Waals surface area contributed by atoms with E-state index in [9.17, 15) is 14.0 Å². The second kappa shape index (κ2) is 7.38. The second-order valence-corrected chi connectivity index (χ2v) is 3.02. The minimum atomic E-state index is -1.18. The fourth-order valence-corrected chi connectivity index (χ4v) is 1.04. The van der Waals surface area contributed by atoms with Gasteiger partial charge in [0, 0.05) is 19.0 Å². The van der Waals surface area contributed by atoms with Gasteiger partial charge in [-0.1, -0.05) is 19.9 Å². The average Bonchev–Trinajstić information content (AvgIpc) is 2.29. The molecule has 0 saturated heterocycles. The highest BCUT2D eigenvalue weighted by atomic mass is 19.1. The number of carboxylic acid groups (broad SMARTS) is 1. The van der Waals surface area contributed by atoms with Crippen molar-refractivity contribution in [2.24, 2.45) is 0 Å². The zero-order valence-corrected chi connectivity index (χ0v) is 10.1. The maximum Gasteiger partial charge on any atom is 0.335 e. The molecule has 0 saturated carbocycles. The molecule has 0 aromatic heterocycles. The summed E-state index contributed by atoms with van der Waals surface area (Å²) in [6.45, 7) is 5.38. The lowest BCUT2D eigenvalue weighted by Gasteiger charge is -2.04. The van der Waals surface area contributed by atoms with E-state index in [2.05, 4.69) is 5.32 Å². The Bertz CT molecular complexity index is 405. The SMILES string of the molecule is CC.CC(=O)NCc1ccc(C(=O)O)cc1F. The van der Waals surface area contributed by atoms with Crippen molar-refractivity contribution < 1.29 is 19.1 Å². The highest BCUT2D eigenvalue weighted by Gasteiger charge is 2.08. The fourth-order valence-electron chi connectivity index (χ4n) is 1.04. The van der Waals surface area contributed by atoms with Crippen molar-refractivity contribution in [2.45, 2.75) is 27.3 Å². The van der Waals surface area contributed by atoms with Gasteiger partial charge in [-0.3, -0.25) is 4.79 Å². The maximum atomic E-state index is 13.2. The summed E-state index contributed by atoms with van der Waals surface area (Å²) in [5.41, 5.74) is 0.147. The van der Waals surface area contributed by atoms with Gasteiger partial charge in [-0.25, -0.2) is 9.18 Å². The van der Waals surface area contributed by atoms with Crippen LogP contribution in [0.1, 0.15) is 36.7 Å². The number of hydrogen-bond donors (Lipinski definition) is 2. The van der Waals surface area contributed by atoms with Gasteiger partial charge in [0.2, 0.25) is 5.91 Å². The van der Waals surface area contributed by atoms with Crippen molar-refractivity contribution >= 4 is 11.9 Å². The number of amides is 1. The van der Waals surface area contributed by atoms with Gasteiger partial charge in [-0.15, -0.1) is 0 Å². The number of aromatic carboxylic acids is 1. The first-order valence-electron chi connectivity index (χ1n) is 5.27. The molecule has 0 heterocycles. The number of hydrogen-bond acceptors (Lipinski definition) is 2. The van der Waals surface area contributed by atoms with Crippen molar-refractivity contribution in [3.63, 3.8) is 0 Å². The average molecular weight is 241 g/mol. The minimum Gasteiger partial charge on any atom is -0.478 e. The van der Waals surface area contributed by atoms with Gasteiger partial charge in [-0.05, 0) is 12.1 Å². The lowest BCUT2D eigenvalue weighted by molar-refractivity contribution is -0.119. The molecule has 0 unspecified atom stereocenters. The molecule has 0 aliphatic heterocycles. The first-order chi connectivity index (χ1) is 8.00. The van der Waals surface area contributed by atoms with E-state index >= 15 is 0 Å². The monoisotopic (exact) mass is 241 g/mol. The van der Waals surface area contributed by atoms with Crippen LogP contribution in [0, 0.1) is 5.82 Å². The first-order valence-corrected chi connectivity index (χ1v) is 5.27. The van der Waals surface area contributed by atoms with Crippen molar-refractivity contribution in [2.75, 3.05) is 0 Å². The van der Waals surface area contributed by atoms with E-state index in [1.54, 1.807) is 0 Å². The molecule has 4 nitrogen and oxygen atoms in total. The number of carboxylic acids is 1. The third kappa shape index (κ3) is 5.10. The Morgan fingerprint density at radius 1 is 1.35 bits per heavy atom. The van der Waals surface area contributed by atoms with Crippen LogP contribution in [0.4, 0.5) is 4.39 Å². The molecule has 2 N–H and O–H groups in total. The largest absolute Gasteiger partial charge is 0.478 e. The van der Waals surface area contributed by atoms with Crippen LogP contribution in [0.3, 0.4) is 0 Å². The third-order valence-electron chi connectivity index (χ3n) is 1.83. The van der Waals surface area contributed by atoms with Crippen molar-refractivity contribution in [1.29, 1.82) is 0 Å². The summed E-state index contributed by atoms with van der Waals surface area (Å²) in [6.07, 6.45) is 0. The smallest absolute Gasteiger partial charge is 0.335 e. The Hall–Kier alpha value is -1.91. The van der Waals surface area contributed by atoms with Crippen LogP contribution in [0.25, 0.3) is 0 Å². The molecular formula is C12H16FNO3. The molecule has 0 radical (unpaired) electrons. The van der Waals surface area contributed by atoms with Crippen LogP contribution < -0.4 is 5.32 Å². The second-order valence-electron chi connectivity index (χ2n) is 3.02. The zero-order valence-electron chi connectivity index (χ0n) is 10.1. The molecule has 1 aromatic carbocycles. The highest BCUT2D eigenvalue weighted by Crippen LogP contribution is 2.10. The summed E-state index contributed by atoms with van der Waals surface area (Å²) in [7, 11) is 0. The molecule has 5 heteroatoms. The van der Waals surface area contributed by atoms with E-state index in [0.717, 1.165) is 6.07 Å². The lowest BCUT2D eigenvalue weighted by Crippen LogP contribution is -2.19. The standard InChI is InChI=1S/C10H10FNO3.C2H6/c1-6(13)12-5-8-3-2-7(10(14)15)4-9(8)11;1-2/h2-4H,5H2,1H3,(H,12,13)(H,14,15);1-2H3. The third-order valence-corrected chi connectivity index (χ3v) is 1.83. The Morgan fingerprint density at radius 3 is 2.35 bits per heavy atom. The molecule has 0 aliphatic carbocycles. The molecule has 0 aliphatic rings. The number of nitrogens with one attached hydrogen (secondary N) is 1. The molecule has 0 fully saturated rings. The van der Waals surface area contributed by atoms with E-state index in [1.165, 1.54) is 19.1 Å². The van der Waals surface area contributed by atoms with Gasteiger partial charge in [0.1, 0.15) is 5.82 Å². The predicted octanol–water partition coefficient (Wildman–Crippen LogP) is 2.19. The van der Waals surface area contributed by atoms with Crippen LogP contribution in [-0.4, -0.2) is 17.0 Å². The number of halogens is 1. The van der Waals surface area contributed by atoms with Gasteiger partial charge in [0.15, 0.2) is 0 Å². The van der Waals surface area contributed by atoms with Crippen molar-refractivity contribution in [1.82, 2.24) is 5.32 Å². The molecular weight excluding hydrogens is 225 g/mol. The van der Waals surface area contributed by atoms with Crippen LogP contribution >= 0.6 is 0 Å². The maximum absolute atomic E-state index is 13.2. The molecule has 1 aromatic rings. The van der Waals surface area contributed by atoms with E-state index in [1.807, 2.05) is 13.8 Å². The van der Waals surface area contributed by atoms with Crippen LogP contribution in [0.5, 0.6) is 0 Å². The van der Waals surface area contributed by atoms with E-state index in [4.69, 9.17) is 5.11 Å². The molecule has 1 amide bonds. The Balaban J connectivity index is 0.00000121. The van der Waals surface area contributed by atoms with E-state index in [-0.39, 0.29) is 23.6 Å². The van der Waals surface area contributed by atoms with E-state index in [0.29, 0.717) is 0 Å². The number of carbonyl (C=O) groups excluding carboxylic acids is 1. The van der Waals surface area contributed by atoms with Gasteiger partial charge in [0.05, 0.1) is 5.56 Å². The van der Waals surface area contributed by atoms with Gasteiger partial charge in [0.25, 0.3) is 0 Å². The molecule has 0 atom stereocenters. The Kier molecular flexibility index (Phi) is 6.55. The normalized spacial score (nSPS) is 8.94. The molecule has 1 rings (SSSR count). The number of benzene rings is 1. The topological polar surface area (TPSA) is 66.4 Å². The number of carbonyl (C=O) groups is 2. The summed E-state index contributed by atoms with van der Waals surface area (Å²) < 4.78 is 13.2. The summed E-state index contributed by atoms with van der Waals surface area (Å²) in [5, 5.41) is 11.0. The highest BCUT2D eigenvalue weighted by molar-refractivity contribution is 5.87. The number of rotatable bonds is 3. The van der Waals surface area contributed by atoms with Crippen LogP contribution in [-0.2, 0) is 11.3 Å². The molecule has 17 heavy (non-hydrogen) atoms. The van der Waals surface area contributed by atoms with Crippen LogP contribution in [0.15, 0.2) is 18.2 Å². The summed E-state index contributed by atoms with van der Waals surface area (Å²) >= 11 is 0. The minimum absolute atomic E-state index is 0.0566. The zero-order chi connectivity index (χ0) is 13.4. The summed E-state index contributed by atoms with van der Waals surface area (Å²) in [4.78, 5) is 21.1. The first kappa shape index (κ1) is 15.1. The van der Waals surface area contributed by atoms with Crippen molar-refractivity contribution in [3.8, 4) is 0 Å². The summed E-state index contributed by atoms with van der Waals surface area (Å²) in [5.74, 6) is -2.08. The van der Waals surface area contributed by atoms with E-state index < -0.39 is 11.8 Å².